The molecule has 1 spiro atoms. The van der Waals surface area contributed by atoms with Gasteiger partial charge in [0.15, 0.2) is 0 Å². The lowest BCUT2D eigenvalue weighted by molar-refractivity contribution is -0.142. The van der Waals surface area contributed by atoms with Crippen molar-refractivity contribution in [3.05, 3.63) is 11.6 Å². The van der Waals surface area contributed by atoms with Gasteiger partial charge in [-0.2, -0.15) is 5.26 Å². The molecule has 5 rings (SSSR count). The third kappa shape index (κ3) is 1.61. The number of rotatable bonds is 0. The molecule has 3 nitrogen and oxygen atoms in total. The first kappa shape index (κ1) is 16.3. The molecule has 8 atom stereocenters. The number of epoxide rings is 1. The van der Waals surface area contributed by atoms with Gasteiger partial charge in [-0.1, -0.05) is 13.8 Å². The lowest BCUT2D eigenvalue weighted by Crippen LogP contribution is -2.59. The van der Waals surface area contributed by atoms with E-state index in [0.717, 1.165) is 37.7 Å². The molecule has 4 fully saturated rings. The van der Waals surface area contributed by atoms with Crippen molar-refractivity contribution in [2.45, 2.75) is 89.4 Å². The molecule has 0 unspecified atom stereocenters. The minimum atomic E-state index is -0.520. The van der Waals surface area contributed by atoms with Crippen LogP contribution in [0.25, 0.3) is 0 Å². The van der Waals surface area contributed by atoms with E-state index in [1.54, 1.807) is 0 Å². The molecule has 0 bridgehead atoms. The summed E-state index contributed by atoms with van der Waals surface area (Å²) < 4.78 is 6.44. The number of allylic oxidation sites excluding steroid dienone is 1. The second kappa shape index (κ2) is 4.34. The van der Waals surface area contributed by atoms with Gasteiger partial charge in [-0.15, -0.1) is 0 Å². The standard InChI is InChI=1S/C22H31NO2/c1-18-8-6-17-15(16(18)7-9-20(18,3)24)5-10-22-19(17,2)11-14(13-23)12-21(22,4)25-22/h12,15-17,24H,5-11H2,1-4H3/t15-,16-,17-,18-,19+,20-,21+,22-/m0/s1. The SMILES string of the molecule is C[C@]1(O)CC[C@H]2[C@@H]3CC[C@@]45O[C@]4(C)C=C(C#N)C[C@]5(C)[C@H]3CC[C@@]21C. The average molecular weight is 341 g/mol. The van der Waals surface area contributed by atoms with E-state index in [-0.39, 0.29) is 22.0 Å². The van der Waals surface area contributed by atoms with Crippen molar-refractivity contribution in [3.63, 3.8) is 0 Å². The molecule has 1 N–H and O–H groups in total. The van der Waals surface area contributed by atoms with E-state index in [4.69, 9.17) is 4.74 Å². The fourth-order valence-electron chi connectivity index (χ4n) is 8.27. The lowest BCUT2D eigenvalue weighted by atomic mass is 9.43. The predicted octanol–water partition coefficient (Wildman–Crippen LogP) is 4.36. The van der Waals surface area contributed by atoms with Crippen LogP contribution in [-0.4, -0.2) is 21.9 Å². The summed E-state index contributed by atoms with van der Waals surface area (Å²) in [7, 11) is 0. The fourth-order valence-corrected chi connectivity index (χ4v) is 8.27. The zero-order valence-corrected chi connectivity index (χ0v) is 16.1. The summed E-state index contributed by atoms with van der Waals surface area (Å²) >= 11 is 0. The Bertz CT molecular complexity index is 720. The van der Waals surface area contributed by atoms with Crippen LogP contribution in [0, 0.1) is 39.9 Å². The van der Waals surface area contributed by atoms with Crippen molar-refractivity contribution >= 4 is 0 Å². The first-order valence-corrected chi connectivity index (χ1v) is 10.2. The Balaban J connectivity index is 1.56. The van der Waals surface area contributed by atoms with Gasteiger partial charge in [-0.3, -0.25) is 0 Å². The first-order chi connectivity index (χ1) is 11.6. The number of nitriles is 1. The Labute approximate surface area is 151 Å². The van der Waals surface area contributed by atoms with Gasteiger partial charge in [0.1, 0.15) is 11.2 Å². The van der Waals surface area contributed by atoms with Crippen LogP contribution in [0.4, 0.5) is 0 Å². The molecule has 0 radical (unpaired) electrons. The molecule has 3 heteroatoms. The van der Waals surface area contributed by atoms with Crippen molar-refractivity contribution in [1.82, 2.24) is 0 Å². The molecule has 3 saturated carbocycles. The van der Waals surface area contributed by atoms with Crippen LogP contribution in [0.3, 0.4) is 0 Å². The highest BCUT2D eigenvalue weighted by atomic mass is 16.6. The molecule has 1 aliphatic heterocycles. The topological polar surface area (TPSA) is 56.5 Å². The third-order valence-electron chi connectivity index (χ3n) is 9.87. The molecular weight excluding hydrogens is 310 g/mol. The van der Waals surface area contributed by atoms with Gasteiger partial charge in [-0.05, 0) is 88.0 Å². The highest BCUT2D eigenvalue weighted by Crippen LogP contribution is 2.76. The maximum Gasteiger partial charge on any atom is 0.115 e. The van der Waals surface area contributed by atoms with Crippen molar-refractivity contribution in [2.24, 2.45) is 28.6 Å². The van der Waals surface area contributed by atoms with Crippen molar-refractivity contribution in [2.75, 3.05) is 0 Å². The summed E-state index contributed by atoms with van der Waals surface area (Å²) in [5, 5.41) is 20.6. The number of hydrogen-bond acceptors (Lipinski definition) is 3. The van der Waals surface area contributed by atoms with Crippen LogP contribution in [0.2, 0.25) is 0 Å². The second-order valence-corrected chi connectivity index (χ2v) is 10.6. The lowest BCUT2D eigenvalue weighted by Gasteiger charge is -2.60. The van der Waals surface area contributed by atoms with Crippen LogP contribution in [0.1, 0.15) is 72.6 Å². The van der Waals surface area contributed by atoms with Gasteiger partial charge in [0.2, 0.25) is 0 Å². The Morgan fingerprint density at radius 2 is 1.72 bits per heavy atom. The zero-order chi connectivity index (χ0) is 17.9. The van der Waals surface area contributed by atoms with Crippen molar-refractivity contribution < 1.29 is 9.84 Å². The van der Waals surface area contributed by atoms with Gasteiger partial charge in [-0.25, -0.2) is 0 Å². The summed E-state index contributed by atoms with van der Waals surface area (Å²) in [5.41, 5.74) is 0.263. The molecule has 0 aromatic carbocycles. The summed E-state index contributed by atoms with van der Waals surface area (Å²) in [6, 6.07) is 2.44. The van der Waals surface area contributed by atoms with E-state index < -0.39 is 5.60 Å². The minimum absolute atomic E-state index is 0.0453. The monoisotopic (exact) mass is 341 g/mol. The largest absolute Gasteiger partial charge is 0.390 e. The Morgan fingerprint density at radius 1 is 1.04 bits per heavy atom. The first-order valence-electron chi connectivity index (χ1n) is 10.2. The van der Waals surface area contributed by atoms with E-state index in [2.05, 4.69) is 39.8 Å². The highest BCUT2D eigenvalue weighted by Gasteiger charge is 2.79. The number of nitrogens with zero attached hydrogens (tertiary/aromatic N) is 1. The van der Waals surface area contributed by atoms with E-state index in [9.17, 15) is 10.4 Å². The molecule has 136 valence electrons. The molecular formula is C22H31NO2. The highest BCUT2D eigenvalue weighted by molar-refractivity contribution is 5.43. The molecule has 0 amide bonds. The average Bonchev–Trinajstić information content (AvgIpc) is 3.08. The molecule has 0 aromatic rings. The van der Waals surface area contributed by atoms with Gasteiger partial charge >= 0.3 is 0 Å². The smallest absolute Gasteiger partial charge is 0.115 e. The maximum atomic E-state index is 11.0. The Hall–Kier alpha value is -0.850. The Morgan fingerprint density at radius 3 is 2.44 bits per heavy atom. The van der Waals surface area contributed by atoms with Crippen LogP contribution >= 0.6 is 0 Å². The van der Waals surface area contributed by atoms with Crippen LogP contribution in [0.5, 0.6) is 0 Å². The number of ether oxygens (including phenoxy) is 1. The number of fused-ring (bicyclic) bond motifs is 4. The molecule has 25 heavy (non-hydrogen) atoms. The predicted molar refractivity (Wildman–Crippen MR) is 95.5 cm³/mol. The molecule has 0 aromatic heterocycles. The molecule has 5 aliphatic rings. The molecule has 1 heterocycles. The maximum absolute atomic E-state index is 11.0. The minimum Gasteiger partial charge on any atom is -0.390 e. The summed E-state index contributed by atoms with van der Waals surface area (Å²) in [5.74, 6) is 1.92. The fraction of sp³-hybridized carbons (Fsp3) is 0.864. The van der Waals surface area contributed by atoms with E-state index in [1.807, 2.05) is 0 Å². The van der Waals surface area contributed by atoms with Crippen molar-refractivity contribution in [3.8, 4) is 6.07 Å². The Kier molecular flexibility index (Phi) is 2.84. The van der Waals surface area contributed by atoms with Crippen molar-refractivity contribution in [1.29, 1.82) is 5.26 Å². The zero-order valence-electron chi connectivity index (χ0n) is 16.1. The van der Waals surface area contributed by atoms with E-state index in [0.29, 0.717) is 17.8 Å². The molecule has 1 saturated heterocycles. The van der Waals surface area contributed by atoms with E-state index in [1.165, 1.54) is 12.8 Å². The van der Waals surface area contributed by atoms with Crippen LogP contribution in [0.15, 0.2) is 11.6 Å². The number of hydrogen-bond donors (Lipinski definition) is 1. The number of aliphatic hydroxyl groups is 1. The van der Waals surface area contributed by atoms with Gasteiger partial charge in [0.05, 0.1) is 11.7 Å². The normalized spacial score (nSPS) is 61.9. The summed E-state index contributed by atoms with van der Waals surface area (Å²) in [6.07, 6.45) is 9.71. The van der Waals surface area contributed by atoms with Gasteiger partial charge in [0, 0.05) is 11.0 Å². The van der Waals surface area contributed by atoms with Gasteiger partial charge in [0.25, 0.3) is 0 Å². The van der Waals surface area contributed by atoms with Gasteiger partial charge < -0.3 is 9.84 Å². The molecule has 4 aliphatic carbocycles. The summed E-state index contributed by atoms with van der Waals surface area (Å²) in [6.45, 7) is 9.01. The van der Waals surface area contributed by atoms with E-state index >= 15 is 0 Å². The quantitative estimate of drug-likeness (QED) is 0.666. The second-order valence-electron chi connectivity index (χ2n) is 10.6. The van der Waals surface area contributed by atoms with Crippen LogP contribution in [-0.2, 0) is 4.74 Å². The third-order valence-corrected chi connectivity index (χ3v) is 9.87. The van der Waals surface area contributed by atoms with Crippen LogP contribution < -0.4 is 0 Å². The summed E-state index contributed by atoms with van der Waals surface area (Å²) in [4.78, 5) is 0.